The topological polar surface area (TPSA) is 29.9 Å². The van der Waals surface area contributed by atoms with E-state index < -0.39 is 0 Å². The lowest BCUT2D eigenvalue weighted by atomic mass is 10.1. The van der Waals surface area contributed by atoms with Crippen molar-refractivity contribution in [2.45, 2.75) is 19.9 Å². The summed E-state index contributed by atoms with van der Waals surface area (Å²) < 4.78 is 15.0. The van der Waals surface area contributed by atoms with Crippen LogP contribution in [-0.4, -0.2) is 16.3 Å². The highest BCUT2D eigenvalue weighted by atomic mass is 19.1. The van der Waals surface area contributed by atoms with Crippen LogP contribution in [0.4, 0.5) is 4.39 Å². The summed E-state index contributed by atoms with van der Waals surface area (Å²) in [5, 5.41) is 7.47. The molecule has 2 aromatic rings. The predicted octanol–water partition coefficient (Wildman–Crippen LogP) is 2.20. The highest BCUT2D eigenvalue weighted by molar-refractivity contribution is 5.23. The fourth-order valence-electron chi connectivity index (χ4n) is 1.91. The number of hydrogen-bond donors (Lipinski definition) is 1. The number of halogens is 1. The van der Waals surface area contributed by atoms with Gasteiger partial charge in [0.25, 0.3) is 0 Å². The number of benzene rings is 1. The summed E-state index contributed by atoms with van der Waals surface area (Å²) in [6.07, 6.45) is 2.75. The molecule has 0 aliphatic rings. The predicted molar refractivity (Wildman–Crippen MR) is 69.8 cm³/mol. The fourth-order valence-corrected chi connectivity index (χ4v) is 1.91. The summed E-state index contributed by atoms with van der Waals surface area (Å²) in [4.78, 5) is 0. The Morgan fingerprint density at radius 1 is 1.33 bits per heavy atom. The Morgan fingerprint density at radius 3 is 2.83 bits per heavy atom. The summed E-state index contributed by atoms with van der Waals surface area (Å²) in [6.45, 7) is 3.43. The monoisotopic (exact) mass is 247 g/mol. The minimum absolute atomic E-state index is 0.145. The van der Waals surface area contributed by atoms with E-state index in [1.54, 1.807) is 13.1 Å². The van der Waals surface area contributed by atoms with Gasteiger partial charge in [0.2, 0.25) is 0 Å². The molecule has 3 nitrogen and oxygen atoms in total. The third-order valence-electron chi connectivity index (χ3n) is 3.03. The van der Waals surface area contributed by atoms with Crippen LogP contribution in [0.3, 0.4) is 0 Å². The highest BCUT2D eigenvalue weighted by Gasteiger charge is 2.00. The van der Waals surface area contributed by atoms with Gasteiger partial charge in [-0.2, -0.15) is 5.10 Å². The van der Waals surface area contributed by atoms with E-state index in [0.717, 1.165) is 25.1 Å². The SMILES string of the molecule is Cc1cc(CNCCc2ccnn2C)ccc1F. The number of aryl methyl sites for hydroxylation is 2. The van der Waals surface area contributed by atoms with E-state index in [9.17, 15) is 4.39 Å². The Balaban J connectivity index is 1.78. The first-order chi connectivity index (χ1) is 8.66. The lowest BCUT2D eigenvalue weighted by molar-refractivity contribution is 0.614. The van der Waals surface area contributed by atoms with Gasteiger partial charge in [-0.15, -0.1) is 0 Å². The lowest BCUT2D eigenvalue weighted by Crippen LogP contribution is -2.18. The van der Waals surface area contributed by atoms with E-state index in [4.69, 9.17) is 0 Å². The summed E-state index contributed by atoms with van der Waals surface area (Å²) in [5.41, 5.74) is 3.01. The zero-order valence-corrected chi connectivity index (χ0v) is 10.8. The summed E-state index contributed by atoms with van der Waals surface area (Å²) in [6, 6.07) is 7.24. The van der Waals surface area contributed by atoms with Crippen LogP contribution in [0.2, 0.25) is 0 Å². The molecule has 4 heteroatoms. The number of nitrogens with one attached hydrogen (secondary N) is 1. The van der Waals surface area contributed by atoms with Gasteiger partial charge < -0.3 is 5.32 Å². The molecule has 0 amide bonds. The van der Waals surface area contributed by atoms with Crippen molar-refractivity contribution in [3.8, 4) is 0 Å². The third kappa shape index (κ3) is 3.17. The largest absolute Gasteiger partial charge is 0.312 e. The van der Waals surface area contributed by atoms with Gasteiger partial charge in [0.15, 0.2) is 0 Å². The molecule has 1 N–H and O–H groups in total. The molecule has 18 heavy (non-hydrogen) atoms. The van der Waals surface area contributed by atoms with Gasteiger partial charge in [0.05, 0.1) is 0 Å². The van der Waals surface area contributed by atoms with E-state index in [-0.39, 0.29) is 5.82 Å². The first kappa shape index (κ1) is 12.8. The molecule has 0 fully saturated rings. The van der Waals surface area contributed by atoms with Crippen molar-refractivity contribution in [1.82, 2.24) is 15.1 Å². The molecular weight excluding hydrogens is 229 g/mol. The number of hydrogen-bond acceptors (Lipinski definition) is 2. The molecule has 1 aromatic heterocycles. The number of rotatable bonds is 5. The van der Waals surface area contributed by atoms with Crippen LogP contribution in [0.1, 0.15) is 16.8 Å². The molecule has 1 aromatic carbocycles. The molecule has 0 spiro atoms. The molecule has 96 valence electrons. The molecule has 0 aliphatic heterocycles. The van der Waals surface area contributed by atoms with Gasteiger partial charge in [-0.1, -0.05) is 12.1 Å². The smallest absolute Gasteiger partial charge is 0.126 e. The second-order valence-electron chi connectivity index (χ2n) is 4.46. The Labute approximate surface area is 107 Å². The maximum atomic E-state index is 13.1. The van der Waals surface area contributed by atoms with E-state index in [1.165, 1.54) is 11.8 Å². The van der Waals surface area contributed by atoms with E-state index in [2.05, 4.69) is 10.4 Å². The van der Waals surface area contributed by atoms with E-state index in [1.807, 2.05) is 29.9 Å². The second kappa shape index (κ2) is 5.78. The molecule has 0 saturated carbocycles. The molecule has 0 bridgehead atoms. The maximum Gasteiger partial charge on any atom is 0.126 e. The number of aromatic nitrogens is 2. The van der Waals surface area contributed by atoms with E-state index in [0.29, 0.717) is 5.56 Å². The van der Waals surface area contributed by atoms with Crippen LogP contribution >= 0.6 is 0 Å². The summed E-state index contributed by atoms with van der Waals surface area (Å²) >= 11 is 0. The van der Waals surface area contributed by atoms with Gasteiger partial charge in [-0.05, 0) is 30.2 Å². The molecule has 0 atom stereocenters. The van der Waals surface area contributed by atoms with Crippen LogP contribution in [0.25, 0.3) is 0 Å². The molecule has 0 saturated heterocycles. The molecule has 0 unspecified atom stereocenters. The minimum atomic E-state index is -0.145. The minimum Gasteiger partial charge on any atom is -0.312 e. The van der Waals surface area contributed by atoms with E-state index >= 15 is 0 Å². The van der Waals surface area contributed by atoms with Crippen molar-refractivity contribution < 1.29 is 4.39 Å². The first-order valence-electron chi connectivity index (χ1n) is 6.09. The average molecular weight is 247 g/mol. The van der Waals surface area contributed by atoms with Crippen LogP contribution in [-0.2, 0) is 20.0 Å². The van der Waals surface area contributed by atoms with Crippen LogP contribution < -0.4 is 5.32 Å². The second-order valence-corrected chi connectivity index (χ2v) is 4.46. The maximum absolute atomic E-state index is 13.1. The van der Waals surface area contributed by atoms with Crippen molar-refractivity contribution in [3.63, 3.8) is 0 Å². The summed E-state index contributed by atoms with van der Waals surface area (Å²) in [7, 11) is 1.94. The zero-order valence-electron chi connectivity index (χ0n) is 10.8. The van der Waals surface area contributed by atoms with Gasteiger partial charge in [0.1, 0.15) is 5.82 Å². The van der Waals surface area contributed by atoms with Gasteiger partial charge in [0, 0.05) is 38.4 Å². The number of nitrogens with zero attached hydrogens (tertiary/aromatic N) is 2. The van der Waals surface area contributed by atoms with Gasteiger partial charge >= 0.3 is 0 Å². The quantitative estimate of drug-likeness (QED) is 0.821. The molecule has 1 heterocycles. The normalized spacial score (nSPS) is 10.8. The highest BCUT2D eigenvalue weighted by Crippen LogP contribution is 2.08. The Hall–Kier alpha value is -1.68. The zero-order chi connectivity index (χ0) is 13.0. The first-order valence-corrected chi connectivity index (χ1v) is 6.09. The van der Waals surface area contributed by atoms with Crippen molar-refractivity contribution >= 4 is 0 Å². The average Bonchev–Trinajstić information content (AvgIpc) is 2.75. The van der Waals surface area contributed by atoms with Crippen LogP contribution in [0.5, 0.6) is 0 Å². The third-order valence-corrected chi connectivity index (χ3v) is 3.03. The van der Waals surface area contributed by atoms with Crippen molar-refractivity contribution in [2.75, 3.05) is 6.54 Å². The Kier molecular flexibility index (Phi) is 4.10. The summed E-state index contributed by atoms with van der Waals surface area (Å²) in [5.74, 6) is -0.145. The standard InChI is InChI=1S/C14H18FN3/c1-11-9-12(3-4-14(11)15)10-16-7-5-13-6-8-17-18(13)2/h3-4,6,8-9,16H,5,7,10H2,1-2H3. The van der Waals surface area contributed by atoms with Crippen molar-refractivity contribution in [1.29, 1.82) is 0 Å². The Morgan fingerprint density at radius 2 is 2.17 bits per heavy atom. The van der Waals surface area contributed by atoms with Crippen LogP contribution in [0.15, 0.2) is 30.5 Å². The van der Waals surface area contributed by atoms with Gasteiger partial charge in [-0.3, -0.25) is 4.68 Å². The van der Waals surface area contributed by atoms with Gasteiger partial charge in [-0.25, -0.2) is 4.39 Å². The molecular formula is C14H18FN3. The molecule has 0 aliphatic carbocycles. The fraction of sp³-hybridized carbons (Fsp3) is 0.357. The van der Waals surface area contributed by atoms with Crippen LogP contribution in [0, 0.1) is 12.7 Å². The molecule has 0 radical (unpaired) electrons. The lowest BCUT2D eigenvalue weighted by Gasteiger charge is -2.06. The van der Waals surface area contributed by atoms with Crippen molar-refractivity contribution in [3.05, 3.63) is 53.1 Å². The van der Waals surface area contributed by atoms with Crippen molar-refractivity contribution in [2.24, 2.45) is 7.05 Å². The molecule has 2 rings (SSSR count). The Bertz CT molecular complexity index is 520.